The van der Waals surface area contributed by atoms with Gasteiger partial charge < -0.3 is 0 Å². The SMILES string of the molecule is C[Si](C)=CC[SiH](C)C. The summed E-state index contributed by atoms with van der Waals surface area (Å²) in [5, 5.41) is 0. The smallest absolute Gasteiger partial charge is 0.0339 e. The maximum Gasteiger partial charge on any atom is 0.0339 e. The highest BCUT2D eigenvalue weighted by molar-refractivity contribution is 6.70. The molecule has 0 amide bonds. The van der Waals surface area contributed by atoms with Crippen LogP contribution in [0.5, 0.6) is 0 Å². The predicted octanol–water partition coefficient (Wildman–Crippen LogP) is 1.61. The van der Waals surface area contributed by atoms with Crippen LogP contribution in [0.25, 0.3) is 0 Å². The molecule has 0 aliphatic carbocycles. The lowest BCUT2D eigenvalue weighted by Crippen LogP contribution is -2.03. The molecule has 0 saturated heterocycles. The molecule has 0 unspecified atom stereocenters. The van der Waals surface area contributed by atoms with Crippen molar-refractivity contribution < 1.29 is 0 Å². The second-order valence-corrected chi connectivity index (χ2v) is 8.73. The van der Waals surface area contributed by atoms with Crippen molar-refractivity contribution in [1.29, 1.82) is 0 Å². The highest BCUT2D eigenvalue weighted by atomic mass is 28.3. The van der Waals surface area contributed by atoms with Gasteiger partial charge in [-0.3, -0.25) is 0 Å². The molecule has 2 heteroatoms. The van der Waals surface area contributed by atoms with Crippen molar-refractivity contribution >= 4 is 22.9 Å². The Kier molecular flexibility index (Phi) is 4.37. The Hall–Kier alpha value is 0.304. The molecule has 0 heterocycles. The third kappa shape index (κ3) is 6.30. The van der Waals surface area contributed by atoms with E-state index in [0.29, 0.717) is 0 Å². The molecule has 0 atom stereocenters. The van der Waals surface area contributed by atoms with Crippen LogP contribution in [-0.2, 0) is 0 Å². The van der Waals surface area contributed by atoms with Crippen LogP contribution in [0.1, 0.15) is 0 Å². The maximum atomic E-state index is 2.53. The predicted molar refractivity (Wildman–Crippen MR) is 47.2 cm³/mol. The Morgan fingerprint density at radius 1 is 1.38 bits per heavy atom. The molecule has 8 heavy (non-hydrogen) atoms. The number of hydrogen-bond donors (Lipinski definition) is 0. The third-order valence-corrected chi connectivity index (χ3v) is 3.70. The lowest BCUT2D eigenvalue weighted by Gasteiger charge is -1.94. The molecule has 0 N–H and O–H groups in total. The summed E-state index contributed by atoms with van der Waals surface area (Å²) in [7, 11) is -0.277. The second-order valence-electron chi connectivity index (χ2n) is 2.91. The van der Waals surface area contributed by atoms with E-state index < -0.39 is 0 Å². The Labute approximate surface area is 55.8 Å². The van der Waals surface area contributed by atoms with E-state index in [1.165, 1.54) is 6.04 Å². The van der Waals surface area contributed by atoms with E-state index in [4.69, 9.17) is 0 Å². The molecule has 0 aliphatic rings. The molecule has 0 radical (unpaired) electrons. The van der Waals surface area contributed by atoms with Gasteiger partial charge in [0.1, 0.15) is 0 Å². The molecule has 0 aromatic rings. The summed E-state index contributed by atoms with van der Waals surface area (Å²) in [6.45, 7) is 9.51. The highest BCUT2D eigenvalue weighted by Gasteiger charge is 1.89. The topological polar surface area (TPSA) is 0 Å². The van der Waals surface area contributed by atoms with E-state index >= 15 is 0 Å². The van der Waals surface area contributed by atoms with Crippen LogP contribution in [0.15, 0.2) is 0 Å². The normalized spacial score (nSPS) is 9.62. The summed E-state index contributed by atoms with van der Waals surface area (Å²) in [4.78, 5) is 0. The van der Waals surface area contributed by atoms with Crippen molar-refractivity contribution in [1.82, 2.24) is 0 Å². The van der Waals surface area contributed by atoms with Gasteiger partial charge in [0.25, 0.3) is 0 Å². The fourth-order valence-corrected chi connectivity index (χ4v) is 4.24. The molecule has 48 valence electrons. The fourth-order valence-electron chi connectivity index (χ4n) is 0.471. The molecule has 0 nitrogen and oxygen atoms in total. The Balaban J connectivity index is 3.29. The molecule has 0 saturated carbocycles. The van der Waals surface area contributed by atoms with Crippen molar-refractivity contribution in [2.45, 2.75) is 32.2 Å². The van der Waals surface area contributed by atoms with Crippen molar-refractivity contribution in [3.63, 3.8) is 0 Å². The Morgan fingerprint density at radius 2 is 1.88 bits per heavy atom. The zero-order chi connectivity index (χ0) is 6.57. The van der Waals surface area contributed by atoms with Crippen LogP contribution in [0.2, 0.25) is 32.2 Å². The monoisotopic (exact) mass is 144 g/mol. The molecular formula is C6H16Si2. The first-order valence-electron chi connectivity index (χ1n) is 3.26. The van der Waals surface area contributed by atoms with Gasteiger partial charge in [-0.2, -0.15) is 0 Å². The summed E-state index contributed by atoms with van der Waals surface area (Å²) in [5.74, 6) is 0. The van der Waals surface area contributed by atoms with Gasteiger partial charge in [0, 0.05) is 8.80 Å². The first kappa shape index (κ1) is 8.30. The molecule has 0 bridgehead atoms. The largest absolute Gasteiger partial charge is 0.107 e. The van der Waals surface area contributed by atoms with Gasteiger partial charge in [-0.05, 0) is 14.5 Å². The average Bonchev–Trinajstić information content (AvgIpc) is 1.61. The van der Waals surface area contributed by atoms with Crippen LogP contribution >= 0.6 is 0 Å². The first-order chi connectivity index (χ1) is 3.63. The molecule has 0 aliphatic heterocycles. The second kappa shape index (κ2) is 4.21. The van der Waals surface area contributed by atoms with Crippen molar-refractivity contribution in [3.05, 3.63) is 0 Å². The van der Waals surface area contributed by atoms with Crippen molar-refractivity contribution in [2.75, 3.05) is 0 Å². The van der Waals surface area contributed by atoms with E-state index in [2.05, 4.69) is 31.9 Å². The minimum Gasteiger partial charge on any atom is -0.107 e. The molecule has 0 fully saturated rings. The number of rotatable bonds is 2. The maximum absolute atomic E-state index is 2.53. The molecule has 0 rings (SSSR count). The first-order valence-corrected chi connectivity index (χ1v) is 8.96. The standard InChI is InChI=1S/C6H16Si2/c1-7(2)5-6-8(3)4/h5,8H,6H2,1-4H3. The minimum atomic E-state index is -0.257. The van der Waals surface area contributed by atoms with Gasteiger partial charge in [-0.15, -0.1) is 5.67 Å². The summed E-state index contributed by atoms with van der Waals surface area (Å²) in [5.41, 5.74) is 2.53. The number of hydrogen-bond acceptors (Lipinski definition) is 0. The molecule has 0 aromatic carbocycles. The zero-order valence-electron chi connectivity index (χ0n) is 6.36. The van der Waals surface area contributed by atoms with Gasteiger partial charge in [0.05, 0.1) is 0 Å². The van der Waals surface area contributed by atoms with Crippen molar-refractivity contribution in [2.24, 2.45) is 0 Å². The van der Waals surface area contributed by atoms with E-state index in [0.717, 1.165) is 0 Å². The summed E-state index contributed by atoms with van der Waals surface area (Å²) in [6, 6.07) is 1.45. The summed E-state index contributed by atoms with van der Waals surface area (Å²) >= 11 is 0. The van der Waals surface area contributed by atoms with E-state index in [9.17, 15) is 0 Å². The molecular weight excluding hydrogens is 128 g/mol. The molecule has 0 spiro atoms. The van der Waals surface area contributed by atoms with Gasteiger partial charge in [-0.25, -0.2) is 0 Å². The van der Waals surface area contributed by atoms with Crippen LogP contribution in [-0.4, -0.2) is 22.9 Å². The van der Waals surface area contributed by atoms with E-state index in [1.54, 1.807) is 0 Å². The minimum absolute atomic E-state index is 0.0201. The van der Waals surface area contributed by atoms with Crippen LogP contribution in [0.4, 0.5) is 0 Å². The Morgan fingerprint density at radius 3 is 2.00 bits per heavy atom. The lowest BCUT2D eigenvalue weighted by molar-refractivity contribution is 1.79. The van der Waals surface area contributed by atoms with Crippen molar-refractivity contribution in [3.8, 4) is 0 Å². The average molecular weight is 144 g/mol. The van der Waals surface area contributed by atoms with E-state index in [1.807, 2.05) is 0 Å². The van der Waals surface area contributed by atoms with Gasteiger partial charge in [0.2, 0.25) is 0 Å². The van der Waals surface area contributed by atoms with Crippen LogP contribution in [0, 0.1) is 0 Å². The van der Waals surface area contributed by atoms with E-state index in [-0.39, 0.29) is 17.2 Å². The van der Waals surface area contributed by atoms with Gasteiger partial charge >= 0.3 is 0 Å². The Bertz CT molecular complexity index is 80.5. The summed E-state index contributed by atoms with van der Waals surface area (Å²) < 4.78 is 0. The quantitative estimate of drug-likeness (QED) is 0.517. The van der Waals surface area contributed by atoms with Gasteiger partial charge in [-0.1, -0.05) is 26.2 Å². The fraction of sp³-hybridized carbons (Fsp3) is 0.833. The van der Waals surface area contributed by atoms with Crippen LogP contribution < -0.4 is 0 Å². The zero-order valence-corrected chi connectivity index (χ0v) is 8.52. The highest BCUT2D eigenvalue weighted by Crippen LogP contribution is 1.85. The van der Waals surface area contributed by atoms with Gasteiger partial charge in [0.15, 0.2) is 0 Å². The lowest BCUT2D eigenvalue weighted by atomic mass is 11.0. The van der Waals surface area contributed by atoms with Crippen LogP contribution in [0.3, 0.4) is 0 Å². The molecule has 0 aromatic heterocycles. The third-order valence-electron chi connectivity index (χ3n) is 0.998. The summed E-state index contributed by atoms with van der Waals surface area (Å²) in [6.07, 6.45) is 0.